The molecule has 6 nitrogen and oxygen atoms in total. The number of rotatable bonds is 7. The lowest BCUT2D eigenvalue weighted by Crippen LogP contribution is -2.47. The average molecular weight is 349 g/mol. The average Bonchev–Trinajstić information content (AvgIpc) is 2.72. The molecule has 0 aliphatic carbocycles. The van der Waals surface area contributed by atoms with E-state index in [-0.39, 0.29) is 6.61 Å². The van der Waals surface area contributed by atoms with Crippen LogP contribution in [0, 0.1) is 11.3 Å². The highest BCUT2D eigenvalue weighted by atomic mass is 16.6. The Kier molecular flexibility index (Phi) is 6.57. The van der Waals surface area contributed by atoms with Gasteiger partial charge in [0.1, 0.15) is 11.9 Å². The van der Waals surface area contributed by atoms with E-state index in [9.17, 15) is 0 Å². The van der Waals surface area contributed by atoms with Crippen molar-refractivity contribution in [2.45, 2.75) is 6.42 Å². The largest absolute Gasteiger partial charge is 0.380 e. The number of aromatic nitrogens is 1. The van der Waals surface area contributed by atoms with Crippen molar-refractivity contribution in [1.29, 1.82) is 5.26 Å². The van der Waals surface area contributed by atoms with Gasteiger partial charge in [0.2, 0.25) is 6.61 Å². The second kappa shape index (κ2) is 9.54. The minimum atomic E-state index is -0.0287. The van der Waals surface area contributed by atoms with Crippen LogP contribution in [0.25, 0.3) is 0 Å². The second-order valence-electron chi connectivity index (χ2n) is 6.10. The molecule has 26 heavy (non-hydrogen) atoms. The second-order valence-corrected chi connectivity index (χ2v) is 6.10. The molecular formula is C20H23N5O. The molecule has 6 heteroatoms. The molecule has 1 aromatic carbocycles. The molecular weight excluding hydrogens is 326 g/mol. The molecule has 1 saturated heterocycles. The molecule has 1 aliphatic rings. The molecule has 2 aromatic rings. The van der Waals surface area contributed by atoms with Gasteiger partial charge in [-0.15, -0.1) is 0 Å². The van der Waals surface area contributed by atoms with Crippen molar-refractivity contribution in [1.82, 2.24) is 9.88 Å². The Hall–Kier alpha value is -2.91. The third kappa shape index (κ3) is 5.04. The molecule has 1 aromatic heterocycles. The Morgan fingerprint density at radius 3 is 2.54 bits per heavy atom. The summed E-state index contributed by atoms with van der Waals surface area (Å²) in [5, 5.41) is 12.8. The lowest BCUT2D eigenvalue weighted by Gasteiger charge is -2.35. The van der Waals surface area contributed by atoms with Crippen LogP contribution in [0.15, 0.2) is 59.9 Å². The van der Waals surface area contributed by atoms with Crippen molar-refractivity contribution in [3.8, 4) is 6.07 Å². The number of benzene rings is 1. The molecule has 3 rings (SSSR count). The van der Waals surface area contributed by atoms with Crippen molar-refractivity contribution in [2.24, 2.45) is 5.16 Å². The minimum Gasteiger partial charge on any atom is -0.380 e. The predicted molar refractivity (Wildman–Crippen MR) is 102 cm³/mol. The van der Waals surface area contributed by atoms with Gasteiger partial charge in [0.05, 0.1) is 5.71 Å². The quantitative estimate of drug-likeness (QED) is 0.437. The summed E-state index contributed by atoms with van der Waals surface area (Å²) in [6.07, 6.45) is 2.63. The Balaban J connectivity index is 1.53. The molecule has 1 aliphatic heterocycles. The maximum absolute atomic E-state index is 8.64. The van der Waals surface area contributed by atoms with Gasteiger partial charge in [-0.3, -0.25) is 4.90 Å². The third-order valence-electron chi connectivity index (χ3n) is 4.42. The first-order valence-corrected chi connectivity index (χ1v) is 8.86. The van der Waals surface area contributed by atoms with E-state index in [0.29, 0.717) is 0 Å². The van der Waals surface area contributed by atoms with Crippen molar-refractivity contribution in [3.05, 3.63) is 60.3 Å². The monoisotopic (exact) mass is 349 g/mol. The Morgan fingerprint density at radius 2 is 1.85 bits per heavy atom. The lowest BCUT2D eigenvalue weighted by atomic mass is 10.1. The molecule has 0 bridgehead atoms. The van der Waals surface area contributed by atoms with Crippen LogP contribution in [0.1, 0.15) is 12.0 Å². The fraction of sp³-hybridized carbons (Fsp3) is 0.350. The third-order valence-corrected chi connectivity index (χ3v) is 4.42. The Bertz CT molecular complexity index is 734. The van der Waals surface area contributed by atoms with Gasteiger partial charge in [-0.1, -0.05) is 41.6 Å². The summed E-state index contributed by atoms with van der Waals surface area (Å²) in [5.74, 6) is 1.04. The van der Waals surface area contributed by atoms with Crippen molar-refractivity contribution < 1.29 is 4.84 Å². The molecule has 0 unspecified atom stereocenters. The van der Waals surface area contributed by atoms with Crippen LogP contribution in [-0.2, 0) is 4.84 Å². The van der Waals surface area contributed by atoms with Gasteiger partial charge in [0, 0.05) is 45.3 Å². The fourth-order valence-corrected chi connectivity index (χ4v) is 3.02. The first-order chi connectivity index (χ1) is 12.9. The normalized spacial score (nSPS) is 15.5. The molecule has 0 amide bonds. The van der Waals surface area contributed by atoms with Gasteiger partial charge in [0.15, 0.2) is 0 Å². The van der Waals surface area contributed by atoms with Crippen LogP contribution in [0.4, 0.5) is 5.82 Å². The molecule has 2 heterocycles. The van der Waals surface area contributed by atoms with Crippen molar-refractivity contribution in [3.63, 3.8) is 0 Å². The molecule has 0 atom stereocenters. The summed E-state index contributed by atoms with van der Waals surface area (Å²) in [5.41, 5.74) is 1.92. The van der Waals surface area contributed by atoms with Gasteiger partial charge in [-0.25, -0.2) is 4.98 Å². The van der Waals surface area contributed by atoms with E-state index in [0.717, 1.165) is 56.2 Å². The summed E-state index contributed by atoms with van der Waals surface area (Å²) in [4.78, 5) is 14.3. The van der Waals surface area contributed by atoms with Gasteiger partial charge in [-0.05, 0) is 17.7 Å². The maximum atomic E-state index is 8.64. The summed E-state index contributed by atoms with van der Waals surface area (Å²) in [6, 6.07) is 18.0. The number of hydrogen-bond donors (Lipinski definition) is 0. The molecule has 1 fully saturated rings. The van der Waals surface area contributed by atoms with E-state index in [1.54, 1.807) is 0 Å². The van der Waals surface area contributed by atoms with Crippen LogP contribution >= 0.6 is 0 Å². The molecule has 0 spiro atoms. The zero-order chi connectivity index (χ0) is 18.0. The maximum Gasteiger partial charge on any atom is 0.202 e. The highest BCUT2D eigenvalue weighted by molar-refractivity contribution is 6.00. The minimum absolute atomic E-state index is 0.0287. The van der Waals surface area contributed by atoms with E-state index >= 15 is 0 Å². The van der Waals surface area contributed by atoms with Crippen LogP contribution in [0.5, 0.6) is 0 Å². The van der Waals surface area contributed by atoms with E-state index in [2.05, 4.69) is 26.0 Å². The topological polar surface area (TPSA) is 64.8 Å². The van der Waals surface area contributed by atoms with Crippen LogP contribution in [-0.4, -0.2) is 54.9 Å². The Morgan fingerprint density at radius 1 is 1.08 bits per heavy atom. The van der Waals surface area contributed by atoms with E-state index in [4.69, 9.17) is 10.1 Å². The van der Waals surface area contributed by atoms with Gasteiger partial charge in [0.25, 0.3) is 0 Å². The highest BCUT2D eigenvalue weighted by Crippen LogP contribution is 2.13. The van der Waals surface area contributed by atoms with Crippen LogP contribution < -0.4 is 4.90 Å². The van der Waals surface area contributed by atoms with E-state index in [1.807, 2.05) is 54.7 Å². The first-order valence-electron chi connectivity index (χ1n) is 8.86. The van der Waals surface area contributed by atoms with Gasteiger partial charge in [-0.2, -0.15) is 5.26 Å². The fourth-order valence-electron chi connectivity index (χ4n) is 3.02. The van der Waals surface area contributed by atoms with Gasteiger partial charge < -0.3 is 9.74 Å². The number of nitriles is 1. The van der Waals surface area contributed by atoms with Gasteiger partial charge >= 0.3 is 0 Å². The van der Waals surface area contributed by atoms with E-state index < -0.39 is 0 Å². The lowest BCUT2D eigenvalue weighted by molar-refractivity contribution is 0.177. The number of oxime groups is 1. The zero-order valence-electron chi connectivity index (χ0n) is 14.8. The Labute approximate surface area is 154 Å². The smallest absolute Gasteiger partial charge is 0.202 e. The SMILES string of the molecule is N#CCO/N=C(/CCN1CCN(c2ccccn2)CC1)c1ccccc1. The summed E-state index contributed by atoms with van der Waals surface area (Å²) >= 11 is 0. The molecule has 134 valence electrons. The number of nitrogens with zero attached hydrogens (tertiary/aromatic N) is 5. The standard InChI is InChI=1S/C20H23N5O/c21-10-17-26-23-19(18-6-2-1-3-7-18)9-12-24-13-15-25(16-14-24)20-8-4-5-11-22-20/h1-8,11H,9,12-17H2/b23-19-. The summed E-state index contributed by atoms with van der Waals surface area (Å²) in [6.45, 7) is 4.83. The molecule has 0 saturated carbocycles. The number of pyridine rings is 1. The van der Waals surface area contributed by atoms with Crippen LogP contribution in [0.3, 0.4) is 0 Å². The molecule has 0 N–H and O–H groups in total. The van der Waals surface area contributed by atoms with Crippen LogP contribution in [0.2, 0.25) is 0 Å². The number of hydrogen-bond acceptors (Lipinski definition) is 6. The number of piperazine rings is 1. The van der Waals surface area contributed by atoms with Crippen molar-refractivity contribution >= 4 is 11.5 Å². The van der Waals surface area contributed by atoms with Crippen molar-refractivity contribution in [2.75, 3.05) is 44.2 Å². The highest BCUT2D eigenvalue weighted by Gasteiger charge is 2.18. The molecule has 0 radical (unpaired) electrons. The first kappa shape index (κ1) is 17.9. The predicted octanol–water partition coefficient (Wildman–Crippen LogP) is 2.54. The summed E-state index contributed by atoms with van der Waals surface area (Å²) < 4.78 is 0. The number of anilines is 1. The summed E-state index contributed by atoms with van der Waals surface area (Å²) in [7, 11) is 0. The van der Waals surface area contributed by atoms with E-state index in [1.165, 1.54) is 0 Å². The zero-order valence-corrected chi connectivity index (χ0v) is 14.8.